The van der Waals surface area contributed by atoms with Gasteiger partial charge < -0.3 is 10.6 Å². The van der Waals surface area contributed by atoms with E-state index in [1.165, 1.54) is 0 Å². The normalized spacial score (nSPS) is 10.3. The topological polar surface area (TPSA) is 59.2 Å². The number of aromatic nitrogens is 1. The van der Waals surface area contributed by atoms with Gasteiger partial charge in [0, 0.05) is 18.1 Å². The molecule has 0 saturated heterocycles. The molecular formula is C14H13BrClN3O. The number of nitrogens with zero attached hydrogens (tertiary/aromatic N) is 2. The molecule has 0 fully saturated rings. The van der Waals surface area contributed by atoms with Crippen LogP contribution in [0.15, 0.2) is 40.9 Å². The van der Waals surface area contributed by atoms with Crippen molar-refractivity contribution < 1.29 is 4.79 Å². The molecule has 20 heavy (non-hydrogen) atoms. The van der Waals surface area contributed by atoms with E-state index in [1.54, 1.807) is 24.1 Å². The van der Waals surface area contributed by atoms with Gasteiger partial charge in [-0.15, -0.1) is 0 Å². The molecule has 0 aliphatic heterocycles. The SMILES string of the molecule is CN(Cc1ccc(Br)cc1)C(=O)c1nc(N)ccc1Cl. The minimum atomic E-state index is -0.259. The van der Waals surface area contributed by atoms with Crippen molar-refractivity contribution in [1.29, 1.82) is 0 Å². The van der Waals surface area contributed by atoms with E-state index in [0.717, 1.165) is 10.0 Å². The van der Waals surface area contributed by atoms with Crippen molar-refractivity contribution in [3.8, 4) is 0 Å². The lowest BCUT2D eigenvalue weighted by molar-refractivity contribution is 0.0779. The predicted octanol–water partition coefficient (Wildman–Crippen LogP) is 3.35. The van der Waals surface area contributed by atoms with Crippen LogP contribution in [0.2, 0.25) is 5.02 Å². The second kappa shape index (κ2) is 6.24. The second-order valence-electron chi connectivity index (χ2n) is 4.35. The van der Waals surface area contributed by atoms with Crippen LogP contribution < -0.4 is 5.73 Å². The lowest BCUT2D eigenvalue weighted by Crippen LogP contribution is -2.27. The summed E-state index contributed by atoms with van der Waals surface area (Å²) in [6.45, 7) is 0.471. The van der Waals surface area contributed by atoms with Gasteiger partial charge >= 0.3 is 0 Å². The van der Waals surface area contributed by atoms with E-state index in [-0.39, 0.29) is 17.4 Å². The van der Waals surface area contributed by atoms with Crippen molar-refractivity contribution in [2.45, 2.75) is 6.54 Å². The van der Waals surface area contributed by atoms with Crippen molar-refractivity contribution >= 4 is 39.3 Å². The summed E-state index contributed by atoms with van der Waals surface area (Å²) >= 11 is 9.36. The number of rotatable bonds is 3. The van der Waals surface area contributed by atoms with Gasteiger partial charge in [-0.25, -0.2) is 4.98 Å². The maximum Gasteiger partial charge on any atom is 0.274 e. The summed E-state index contributed by atoms with van der Waals surface area (Å²) in [5.74, 6) is 0.0139. The number of hydrogen-bond donors (Lipinski definition) is 1. The average molecular weight is 355 g/mol. The van der Waals surface area contributed by atoms with Gasteiger partial charge in [0.25, 0.3) is 5.91 Å². The highest BCUT2D eigenvalue weighted by Crippen LogP contribution is 2.18. The Labute approximate surface area is 130 Å². The second-order valence-corrected chi connectivity index (χ2v) is 5.68. The summed E-state index contributed by atoms with van der Waals surface area (Å²) in [7, 11) is 1.70. The molecular weight excluding hydrogens is 342 g/mol. The van der Waals surface area contributed by atoms with Gasteiger partial charge in [0.2, 0.25) is 0 Å². The zero-order valence-electron chi connectivity index (χ0n) is 10.8. The lowest BCUT2D eigenvalue weighted by atomic mass is 10.2. The predicted molar refractivity (Wildman–Crippen MR) is 83.6 cm³/mol. The fraction of sp³-hybridized carbons (Fsp3) is 0.143. The van der Waals surface area contributed by atoms with Gasteiger partial charge in [-0.1, -0.05) is 39.7 Å². The van der Waals surface area contributed by atoms with E-state index in [2.05, 4.69) is 20.9 Å². The Morgan fingerprint density at radius 1 is 1.30 bits per heavy atom. The first-order valence-electron chi connectivity index (χ1n) is 5.89. The highest BCUT2D eigenvalue weighted by Gasteiger charge is 2.17. The molecule has 6 heteroatoms. The van der Waals surface area contributed by atoms with Gasteiger partial charge in [-0.2, -0.15) is 0 Å². The minimum absolute atomic E-state index is 0.172. The van der Waals surface area contributed by atoms with Gasteiger partial charge in [-0.05, 0) is 29.8 Å². The monoisotopic (exact) mass is 353 g/mol. The molecule has 0 radical (unpaired) electrons. The Bertz CT molecular complexity index is 631. The summed E-state index contributed by atoms with van der Waals surface area (Å²) in [5, 5.41) is 0.298. The third-order valence-electron chi connectivity index (χ3n) is 2.75. The summed E-state index contributed by atoms with van der Waals surface area (Å²) < 4.78 is 0.996. The number of hydrogen-bond acceptors (Lipinski definition) is 3. The maximum atomic E-state index is 12.3. The average Bonchev–Trinajstić information content (AvgIpc) is 2.43. The Kier molecular flexibility index (Phi) is 4.62. The number of nitrogens with two attached hydrogens (primary N) is 1. The third kappa shape index (κ3) is 3.49. The standard InChI is InChI=1S/C14H13BrClN3O/c1-19(8-9-2-4-10(15)5-3-9)14(20)13-11(16)6-7-12(17)18-13/h2-7H,8H2,1H3,(H2,17,18). The first-order chi connectivity index (χ1) is 9.47. The highest BCUT2D eigenvalue weighted by atomic mass is 79.9. The van der Waals surface area contributed by atoms with Crippen LogP contribution in [0.4, 0.5) is 5.82 Å². The molecule has 1 amide bonds. The van der Waals surface area contributed by atoms with E-state index in [4.69, 9.17) is 17.3 Å². The quantitative estimate of drug-likeness (QED) is 0.919. The van der Waals surface area contributed by atoms with Crippen LogP contribution in [0, 0.1) is 0 Å². The van der Waals surface area contributed by atoms with E-state index < -0.39 is 0 Å². The summed E-state index contributed by atoms with van der Waals surface area (Å²) in [5.41, 5.74) is 6.78. The molecule has 104 valence electrons. The number of pyridine rings is 1. The smallest absolute Gasteiger partial charge is 0.274 e. The van der Waals surface area contributed by atoms with E-state index in [0.29, 0.717) is 11.6 Å². The number of nitrogen functional groups attached to an aromatic ring is 1. The van der Waals surface area contributed by atoms with Crippen LogP contribution in [0.25, 0.3) is 0 Å². The number of halogens is 2. The van der Waals surface area contributed by atoms with Crippen LogP contribution in [0.5, 0.6) is 0 Å². The highest BCUT2D eigenvalue weighted by molar-refractivity contribution is 9.10. The van der Waals surface area contributed by atoms with Crippen molar-refractivity contribution in [3.05, 3.63) is 57.2 Å². The molecule has 0 bridgehead atoms. The summed E-state index contributed by atoms with van der Waals surface area (Å²) in [4.78, 5) is 17.9. The van der Waals surface area contributed by atoms with Crippen LogP contribution >= 0.6 is 27.5 Å². The fourth-order valence-electron chi connectivity index (χ4n) is 1.72. The molecule has 0 spiro atoms. The number of carbonyl (C=O) groups is 1. The van der Waals surface area contributed by atoms with Gasteiger partial charge in [-0.3, -0.25) is 4.79 Å². The Balaban J connectivity index is 2.16. The van der Waals surface area contributed by atoms with Crippen LogP contribution in [0.3, 0.4) is 0 Å². The molecule has 1 aromatic heterocycles. The van der Waals surface area contributed by atoms with Crippen molar-refractivity contribution in [3.63, 3.8) is 0 Å². The Hall–Kier alpha value is -1.59. The van der Waals surface area contributed by atoms with Gasteiger partial charge in [0.05, 0.1) is 5.02 Å². The largest absolute Gasteiger partial charge is 0.384 e. The number of anilines is 1. The van der Waals surface area contributed by atoms with Crippen molar-refractivity contribution in [2.75, 3.05) is 12.8 Å². The van der Waals surface area contributed by atoms with Crippen LogP contribution in [-0.4, -0.2) is 22.8 Å². The Morgan fingerprint density at radius 3 is 2.60 bits per heavy atom. The van der Waals surface area contributed by atoms with Gasteiger partial charge in [0.15, 0.2) is 0 Å². The molecule has 1 heterocycles. The molecule has 0 unspecified atom stereocenters. The number of benzene rings is 1. The summed E-state index contributed by atoms with van der Waals surface area (Å²) in [6.07, 6.45) is 0. The first-order valence-corrected chi connectivity index (χ1v) is 7.06. The van der Waals surface area contributed by atoms with Crippen LogP contribution in [-0.2, 0) is 6.54 Å². The Morgan fingerprint density at radius 2 is 1.95 bits per heavy atom. The van der Waals surface area contributed by atoms with Crippen molar-refractivity contribution in [1.82, 2.24) is 9.88 Å². The lowest BCUT2D eigenvalue weighted by Gasteiger charge is -2.17. The molecule has 4 nitrogen and oxygen atoms in total. The number of amides is 1. The first kappa shape index (κ1) is 14.8. The minimum Gasteiger partial charge on any atom is -0.384 e. The van der Waals surface area contributed by atoms with E-state index in [9.17, 15) is 4.79 Å². The molecule has 0 atom stereocenters. The molecule has 0 aliphatic rings. The zero-order chi connectivity index (χ0) is 14.7. The molecule has 2 N–H and O–H groups in total. The van der Waals surface area contributed by atoms with E-state index in [1.807, 2.05) is 24.3 Å². The fourth-order valence-corrected chi connectivity index (χ4v) is 2.17. The van der Waals surface area contributed by atoms with Crippen molar-refractivity contribution in [2.24, 2.45) is 0 Å². The molecule has 0 aliphatic carbocycles. The number of carbonyl (C=O) groups excluding carboxylic acids is 1. The molecule has 0 saturated carbocycles. The molecule has 1 aromatic carbocycles. The molecule has 2 rings (SSSR count). The van der Waals surface area contributed by atoms with Crippen LogP contribution in [0.1, 0.15) is 16.1 Å². The zero-order valence-corrected chi connectivity index (χ0v) is 13.1. The van der Waals surface area contributed by atoms with E-state index >= 15 is 0 Å². The molecule has 2 aromatic rings. The summed E-state index contributed by atoms with van der Waals surface area (Å²) in [6, 6.07) is 10.9. The third-order valence-corrected chi connectivity index (χ3v) is 3.58. The maximum absolute atomic E-state index is 12.3. The van der Waals surface area contributed by atoms with Gasteiger partial charge in [0.1, 0.15) is 11.5 Å².